The van der Waals surface area contributed by atoms with E-state index in [1.54, 1.807) is 30.3 Å². The number of fused-ring (bicyclic) bond motifs is 4. The summed E-state index contributed by atoms with van der Waals surface area (Å²) in [6.07, 6.45) is -1.93. The monoisotopic (exact) mass is 879 g/mol. The fraction of sp³-hybridized carbons (Fsp3) is 0.407. The van der Waals surface area contributed by atoms with Crippen LogP contribution in [0.3, 0.4) is 0 Å². The van der Waals surface area contributed by atoms with E-state index in [1.165, 1.54) is 41.7 Å². The van der Waals surface area contributed by atoms with Crippen molar-refractivity contribution in [3.8, 4) is 5.75 Å². The molecule has 5 atom stereocenters. The molecule has 0 saturated heterocycles. The average molecular weight is 880 g/mol. The fourth-order valence-corrected chi connectivity index (χ4v) is 11.0. The summed E-state index contributed by atoms with van der Waals surface area (Å²) >= 11 is 0. The summed E-state index contributed by atoms with van der Waals surface area (Å²) in [4.78, 5) is 26.0. The van der Waals surface area contributed by atoms with Crippen molar-refractivity contribution in [1.29, 1.82) is 0 Å². The zero-order valence-electron chi connectivity index (χ0n) is 37.3. The summed E-state index contributed by atoms with van der Waals surface area (Å²) < 4.78 is 76.6. The number of carbonyl (C=O) groups is 2. The molecule has 0 radical (unpaired) electrons. The van der Waals surface area contributed by atoms with Crippen molar-refractivity contribution in [2.45, 2.75) is 95.8 Å². The number of benzene rings is 4. The molecule has 10 heteroatoms. The summed E-state index contributed by atoms with van der Waals surface area (Å²) in [5.74, 6) is -5.75. The summed E-state index contributed by atoms with van der Waals surface area (Å²) in [5.41, 5.74) is 5.61. The minimum Gasteiger partial charge on any atom is -0.492 e. The maximum absolute atomic E-state index is 15.0. The Balaban J connectivity index is 0.000000198. The number of rotatable bonds is 11. The third kappa shape index (κ3) is 8.92. The van der Waals surface area contributed by atoms with Crippen LogP contribution < -0.4 is 4.74 Å². The Bertz CT molecular complexity index is 2400. The van der Waals surface area contributed by atoms with Gasteiger partial charge in [0.2, 0.25) is 0 Å². The van der Waals surface area contributed by atoms with Gasteiger partial charge in [0.15, 0.2) is 11.6 Å². The lowest BCUT2D eigenvalue weighted by atomic mass is 9.50. The molecule has 4 aromatic rings. The van der Waals surface area contributed by atoms with E-state index in [-0.39, 0.29) is 30.3 Å². The third-order valence-corrected chi connectivity index (χ3v) is 14.3. The van der Waals surface area contributed by atoms with Gasteiger partial charge >= 0.3 is 12.1 Å². The van der Waals surface area contributed by atoms with Crippen molar-refractivity contribution in [3.63, 3.8) is 0 Å². The van der Waals surface area contributed by atoms with Crippen LogP contribution in [0.15, 0.2) is 132 Å². The first-order valence-electron chi connectivity index (χ1n) is 22.4. The molecule has 2 fully saturated rings. The predicted molar refractivity (Wildman–Crippen MR) is 242 cm³/mol. The van der Waals surface area contributed by atoms with Gasteiger partial charge in [-0.15, -0.1) is 0 Å². The van der Waals surface area contributed by atoms with Gasteiger partial charge in [-0.05, 0) is 141 Å². The second-order valence-electron chi connectivity index (χ2n) is 18.3. The molecule has 0 aliphatic heterocycles. The van der Waals surface area contributed by atoms with Crippen LogP contribution in [0, 0.1) is 17.3 Å². The highest BCUT2D eigenvalue weighted by molar-refractivity contribution is 5.98. The molecular formula is C54H58F5NO4. The number of allylic oxidation sites excluding steroid dienone is 5. The van der Waals surface area contributed by atoms with Crippen molar-refractivity contribution in [3.05, 3.63) is 160 Å². The second-order valence-corrected chi connectivity index (χ2v) is 18.3. The lowest BCUT2D eigenvalue weighted by Gasteiger charge is -2.56. The maximum Gasteiger partial charge on any atom is 0.456 e. The minimum atomic E-state index is -5.87. The first-order chi connectivity index (χ1) is 30.4. The van der Waals surface area contributed by atoms with Crippen LogP contribution in [0.25, 0.3) is 11.1 Å². The number of ketones is 2. The zero-order valence-corrected chi connectivity index (χ0v) is 37.3. The van der Waals surface area contributed by atoms with Gasteiger partial charge in [-0.3, -0.25) is 9.59 Å². The predicted octanol–water partition coefficient (Wildman–Crippen LogP) is 12.7. The van der Waals surface area contributed by atoms with Gasteiger partial charge in [0, 0.05) is 29.9 Å². The number of halogens is 5. The molecule has 338 valence electrons. The normalized spacial score (nSPS) is 24.7. The molecule has 0 spiro atoms. The number of ether oxygens (including phenoxy) is 1. The van der Waals surface area contributed by atoms with Gasteiger partial charge in [0.05, 0.1) is 0 Å². The molecule has 4 aliphatic rings. The van der Waals surface area contributed by atoms with Crippen LogP contribution in [0.4, 0.5) is 22.0 Å². The second kappa shape index (κ2) is 18.7. The summed E-state index contributed by atoms with van der Waals surface area (Å²) in [7, 11) is 4.11. The molecule has 4 aliphatic carbocycles. The van der Waals surface area contributed by atoms with E-state index in [1.807, 2.05) is 0 Å². The standard InChI is InChI=1S/C28H29F5O3.C26H29NO/c1-15(34)16-3-5-17(6-4-16)22-14-25(2)23(11-12-26(25,36)27(29,30)28(31,32)33)21-9-7-18-13-19(35)8-10-20(18)24(21)22;1-4-25(21-11-7-5-8-12-21)26(22-13-9-6-10-14-22)23-15-17-24(18-16-23)28-20-19-27(2)3/h3-6,13,21-23,36H,7-12,14H2,1-2H3;5-18H,4,19-20H2,1-3H3/b;26-25-/t21-,22+,23-,25-,26-;/m0./s1. The van der Waals surface area contributed by atoms with Crippen LogP contribution in [0.1, 0.15) is 111 Å². The number of hydrogen-bond acceptors (Lipinski definition) is 5. The van der Waals surface area contributed by atoms with Crippen LogP contribution in [0.2, 0.25) is 0 Å². The Morgan fingerprint density at radius 1 is 0.797 bits per heavy atom. The molecule has 0 bridgehead atoms. The Morgan fingerprint density at radius 2 is 1.39 bits per heavy atom. The van der Waals surface area contributed by atoms with Crippen molar-refractivity contribution < 1.29 is 41.4 Å². The van der Waals surface area contributed by atoms with Crippen molar-refractivity contribution in [2.75, 3.05) is 27.2 Å². The lowest BCUT2D eigenvalue weighted by Crippen LogP contribution is -2.65. The Morgan fingerprint density at radius 3 is 1.97 bits per heavy atom. The lowest BCUT2D eigenvalue weighted by molar-refractivity contribution is -0.362. The highest BCUT2D eigenvalue weighted by Crippen LogP contribution is 2.70. The van der Waals surface area contributed by atoms with Gasteiger partial charge in [-0.1, -0.05) is 116 Å². The zero-order chi connectivity index (χ0) is 46.0. The van der Waals surface area contributed by atoms with E-state index < -0.39 is 41.4 Å². The van der Waals surface area contributed by atoms with E-state index in [0.29, 0.717) is 37.9 Å². The Hall–Kier alpha value is -5.19. The summed E-state index contributed by atoms with van der Waals surface area (Å²) in [6.45, 7) is 6.66. The fourth-order valence-electron chi connectivity index (χ4n) is 11.0. The topological polar surface area (TPSA) is 66.8 Å². The maximum atomic E-state index is 15.0. The van der Waals surface area contributed by atoms with Crippen molar-refractivity contribution in [1.82, 2.24) is 4.90 Å². The van der Waals surface area contributed by atoms with E-state index in [2.05, 4.69) is 111 Å². The molecule has 0 aromatic heterocycles. The molecule has 1 N–H and O–H groups in total. The minimum absolute atomic E-state index is 0.0378. The largest absolute Gasteiger partial charge is 0.492 e. The molecule has 8 rings (SSSR count). The van der Waals surface area contributed by atoms with Crippen LogP contribution >= 0.6 is 0 Å². The van der Waals surface area contributed by atoms with E-state index in [4.69, 9.17) is 4.74 Å². The highest BCUT2D eigenvalue weighted by atomic mass is 19.4. The van der Waals surface area contributed by atoms with Gasteiger partial charge in [-0.2, -0.15) is 22.0 Å². The van der Waals surface area contributed by atoms with Crippen molar-refractivity contribution in [2.24, 2.45) is 17.3 Å². The number of Topliss-reactive ketones (excluding diaryl/α,β-unsaturated/α-hetero) is 1. The molecule has 64 heavy (non-hydrogen) atoms. The number of alkyl halides is 5. The van der Waals surface area contributed by atoms with Crippen LogP contribution in [-0.4, -0.2) is 66.5 Å². The number of carbonyl (C=O) groups excluding carboxylic acids is 2. The molecule has 0 amide bonds. The van der Waals surface area contributed by atoms with Gasteiger partial charge in [0.1, 0.15) is 18.0 Å². The van der Waals surface area contributed by atoms with Crippen LogP contribution in [-0.2, 0) is 4.79 Å². The molecule has 5 nitrogen and oxygen atoms in total. The van der Waals surface area contributed by atoms with Gasteiger partial charge in [0.25, 0.3) is 0 Å². The Kier molecular flexibility index (Phi) is 13.7. The van der Waals surface area contributed by atoms with E-state index in [9.17, 15) is 36.6 Å². The third-order valence-electron chi connectivity index (χ3n) is 14.3. The van der Waals surface area contributed by atoms with Crippen molar-refractivity contribution >= 4 is 22.7 Å². The van der Waals surface area contributed by atoms with Gasteiger partial charge < -0.3 is 14.7 Å². The smallest absolute Gasteiger partial charge is 0.456 e. The van der Waals surface area contributed by atoms with E-state index in [0.717, 1.165) is 41.0 Å². The average Bonchev–Trinajstić information content (AvgIpc) is 3.56. The molecular weight excluding hydrogens is 822 g/mol. The summed E-state index contributed by atoms with van der Waals surface area (Å²) in [5, 5.41) is 11.3. The molecule has 2 saturated carbocycles. The Labute approximate surface area is 373 Å². The number of nitrogens with zero attached hydrogens (tertiary/aromatic N) is 1. The molecule has 4 aromatic carbocycles. The number of likely N-dealkylation sites (N-methyl/N-ethyl adjacent to an activating group) is 1. The molecule has 0 unspecified atom stereocenters. The van der Waals surface area contributed by atoms with E-state index >= 15 is 0 Å². The first-order valence-corrected chi connectivity index (χ1v) is 22.4. The molecule has 0 heterocycles. The van der Waals surface area contributed by atoms with Gasteiger partial charge in [-0.25, -0.2) is 0 Å². The van der Waals surface area contributed by atoms with Crippen LogP contribution in [0.5, 0.6) is 5.75 Å². The quantitative estimate of drug-likeness (QED) is 0.0923. The SMILES string of the molecule is CC(=O)c1ccc([C@H]2C[C@@]3(C)[C@@H](CC[C@@]3(O)C(F)(F)C(F)(F)F)[C@@H]3CCC4=CC(=O)CCC4=C32)cc1.CC/C(=C(\c1ccccc1)c1ccc(OCCN(C)C)cc1)c1ccccc1. The summed E-state index contributed by atoms with van der Waals surface area (Å²) in [6, 6.07) is 36.6. The number of aliphatic hydroxyl groups is 1. The number of hydrogen-bond donors (Lipinski definition) is 1. The first kappa shape index (κ1) is 46.8. The highest BCUT2D eigenvalue weighted by Gasteiger charge is 2.79.